The molecule has 14 heavy (non-hydrogen) atoms. The molecule has 0 radical (unpaired) electrons. The normalized spacial score (nSPS) is 13.9. The van der Waals surface area contributed by atoms with Crippen molar-refractivity contribution >= 4 is 22.6 Å². The highest BCUT2D eigenvalue weighted by atomic mass is 32.2. The number of benzene rings is 1. The maximum absolute atomic E-state index is 4.43. The molecule has 0 bridgehead atoms. The van der Waals surface area contributed by atoms with Crippen LogP contribution in [0.15, 0.2) is 41.9 Å². The second kappa shape index (κ2) is 4.33. The molecule has 0 aromatic heterocycles. The number of para-hydroxylation sites is 1. The molecule has 0 saturated heterocycles. The lowest BCUT2D eigenvalue weighted by molar-refractivity contribution is 1.06. The van der Waals surface area contributed by atoms with E-state index in [4.69, 9.17) is 0 Å². The van der Waals surface area contributed by atoms with Gasteiger partial charge in [0.05, 0.1) is 6.54 Å². The van der Waals surface area contributed by atoms with Gasteiger partial charge in [0.15, 0.2) is 5.17 Å². The summed E-state index contributed by atoms with van der Waals surface area (Å²) < 4.78 is 0. The maximum atomic E-state index is 4.43. The van der Waals surface area contributed by atoms with E-state index in [1.54, 1.807) is 11.8 Å². The number of amidine groups is 1. The van der Waals surface area contributed by atoms with Gasteiger partial charge in [-0.05, 0) is 11.6 Å². The van der Waals surface area contributed by atoms with E-state index in [1.165, 1.54) is 11.3 Å². The third-order valence-corrected chi connectivity index (χ3v) is 2.90. The Bertz CT molecular complexity index is 371. The van der Waals surface area contributed by atoms with Crippen molar-refractivity contribution in [3.8, 4) is 0 Å². The minimum Gasteiger partial charge on any atom is -0.335 e. The molecule has 1 aliphatic rings. The molecule has 0 spiro atoms. The zero-order valence-corrected chi connectivity index (χ0v) is 8.68. The highest BCUT2D eigenvalue weighted by Crippen LogP contribution is 2.22. The van der Waals surface area contributed by atoms with Crippen molar-refractivity contribution in [2.24, 2.45) is 4.99 Å². The van der Waals surface area contributed by atoms with E-state index < -0.39 is 0 Å². The van der Waals surface area contributed by atoms with Crippen LogP contribution in [0.2, 0.25) is 0 Å². The van der Waals surface area contributed by atoms with Crippen LogP contribution in [-0.2, 0) is 6.54 Å². The van der Waals surface area contributed by atoms with Crippen molar-refractivity contribution in [3.63, 3.8) is 0 Å². The van der Waals surface area contributed by atoms with Crippen LogP contribution < -0.4 is 5.32 Å². The third-order valence-electron chi connectivity index (χ3n) is 1.99. The van der Waals surface area contributed by atoms with Gasteiger partial charge >= 0.3 is 0 Å². The van der Waals surface area contributed by atoms with Gasteiger partial charge in [-0.2, -0.15) is 0 Å². The Morgan fingerprint density at radius 1 is 1.50 bits per heavy atom. The van der Waals surface area contributed by atoms with Gasteiger partial charge in [0.2, 0.25) is 0 Å². The Balaban J connectivity index is 2.09. The van der Waals surface area contributed by atoms with Crippen LogP contribution >= 0.6 is 11.8 Å². The van der Waals surface area contributed by atoms with E-state index in [1.807, 2.05) is 18.2 Å². The lowest BCUT2D eigenvalue weighted by atomic mass is 10.1. The Kier molecular flexibility index (Phi) is 2.89. The lowest BCUT2D eigenvalue weighted by Crippen LogP contribution is -2.14. The summed E-state index contributed by atoms with van der Waals surface area (Å²) in [5, 5.41) is 4.29. The van der Waals surface area contributed by atoms with E-state index in [0.717, 1.165) is 17.5 Å². The maximum Gasteiger partial charge on any atom is 0.161 e. The molecule has 1 aromatic rings. The number of hydrogen-bond donors (Lipinski definition) is 1. The minimum absolute atomic E-state index is 0.780. The average Bonchev–Trinajstić information content (AvgIpc) is 2.26. The van der Waals surface area contributed by atoms with Crippen molar-refractivity contribution in [2.45, 2.75) is 6.54 Å². The molecular weight excluding hydrogens is 192 g/mol. The fourth-order valence-electron chi connectivity index (χ4n) is 1.31. The number of nitrogens with zero attached hydrogens (tertiary/aromatic N) is 1. The highest BCUT2D eigenvalue weighted by Gasteiger charge is 2.09. The molecule has 1 heterocycles. The van der Waals surface area contributed by atoms with Gasteiger partial charge in [0.25, 0.3) is 0 Å². The summed E-state index contributed by atoms with van der Waals surface area (Å²) in [6, 6.07) is 8.25. The van der Waals surface area contributed by atoms with Crippen LogP contribution in [0.3, 0.4) is 0 Å². The number of hydrogen-bond acceptors (Lipinski definition) is 3. The Morgan fingerprint density at radius 2 is 2.36 bits per heavy atom. The van der Waals surface area contributed by atoms with Crippen LogP contribution in [-0.4, -0.2) is 10.9 Å². The summed E-state index contributed by atoms with van der Waals surface area (Å²) in [6.45, 7) is 4.47. The molecule has 0 aliphatic carbocycles. The molecular formula is C11H12N2S. The SMILES string of the molecule is C=CCSC1=NCc2ccccc2N1. The summed E-state index contributed by atoms with van der Waals surface area (Å²) in [5.74, 6) is 0.897. The summed E-state index contributed by atoms with van der Waals surface area (Å²) in [7, 11) is 0. The van der Waals surface area contributed by atoms with Gasteiger partial charge in [-0.1, -0.05) is 36.0 Å². The first-order chi connectivity index (χ1) is 6.90. The minimum atomic E-state index is 0.780. The summed E-state index contributed by atoms with van der Waals surface area (Å²) in [6.07, 6.45) is 1.88. The number of thioether (sulfide) groups is 1. The predicted octanol–water partition coefficient (Wildman–Crippen LogP) is 2.89. The van der Waals surface area contributed by atoms with Crippen LogP contribution in [0.5, 0.6) is 0 Å². The second-order valence-corrected chi connectivity index (χ2v) is 4.01. The summed E-state index contributed by atoms with van der Waals surface area (Å²) >= 11 is 1.68. The Morgan fingerprint density at radius 3 is 3.21 bits per heavy atom. The van der Waals surface area contributed by atoms with Crippen molar-refractivity contribution in [3.05, 3.63) is 42.5 Å². The number of rotatable bonds is 2. The molecule has 2 rings (SSSR count). The van der Waals surface area contributed by atoms with Crippen molar-refractivity contribution in [2.75, 3.05) is 11.1 Å². The third kappa shape index (κ3) is 1.99. The second-order valence-electron chi connectivity index (χ2n) is 3.00. The first-order valence-corrected chi connectivity index (χ1v) is 5.52. The van der Waals surface area contributed by atoms with Crippen molar-refractivity contribution < 1.29 is 0 Å². The molecule has 0 unspecified atom stereocenters. The molecule has 2 nitrogen and oxygen atoms in total. The van der Waals surface area contributed by atoms with Gasteiger partial charge in [-0.3, -0.25) is 4.99 Å². The molecule has 72 valence electrons. The Labute approximate surface area is 88.1 Å². The largest absolute Gasteiger partial charge is 0.335 e. The zero-order chi connectivity index (χ0) is 9.80. The Hall–Kier alpha value is -1.22. The fraction of sp³-hybridized carbons (Fsp3) is 0.182. The monoisotopic (exact) mass is 204 g/mol. The molecule has 0 fully saturated rings. The van der Waals surface area contributed by atoms with Gasteiger partial charge in [0.1, 0.15) is 0 Å². The average molecular weight is 204 g/mol. The van der Waals surface area contributed by atoms with Crippen molar-refractivity contribution in [1.82, 2.24) is 0 Å². The van der Waals surface area contributed by atoms with Gasteiger partial charge in [-0.25, -0.2) is 0 Å². The van der Waals surface area contributed by atoms with Crippen LogP contribution in [0.1, 0.15) is 5.56 Å². The zero-order valence-electron chi connectivity index (χ0n) is 7.86. The van der Waals surface area contributed by atoms with Gasteiger partial charge in [0, 0.05) is 11.4 Å². The van der Waals surface area contributed by atoms with Gasteiger partial charge in [-0.15, -0.1) is 6.58 Å². The summed E-state index contributed by atoms with van der Waals surface area (Å²) in [5.41, 5.74) is 2.43. The van der Waals surface area contributed by atoms with E-state index in [9.17, 15) is 0 Å². The number of anilines is 1. The number of nitrogens with one attached hydrogen (secondary N) is 1. The molecule has 0 atom stereocenters. The van der Waals surface area contributed by atoms with Crippen LogP contribution in [0.25, 0.3) is 0 Å². The lowest BCUT2D eigenvalue weighted by Gasteiger charge is -2.16. The highest BCUT2D eigenvalue weighted by molar-refractivity contribution is 8.14. The topological polar surface area (TPSA) is 24.4 Å². The predicted molar refractivity (Wildman–Crippen MR) is 63.9 cm³/mol. The molecule has 1 aromatic carbocycles. The molecule has 1 aliphatic heterocycles. The summed E-state index contributed by atoms with van der Waals surface area (Å²) in [4.78, 5) is 4.43. The van der Waals surface area contributed by atoms with E-state index in [2.05, 4.69) is 29.0 Å². The number of fused-ring (bicyclic) bond motifs is 1. The van der Waals surface area contributed by atoms with E-state index >= 15 is 0 Å². The van der Waals surface area contributed by atoms with Gasteiger partial charge < -0.3 is 5.32 Å². The number of aliphatic imine (C=N–C) groups is 1. The quantitative estimate of drug-likeness (QED) is 0.749. The first kappa shape index (κ1) is 9.34. The molecule has 1 N–H and O–H groups in total. The molecule has 0 saturated carbocycles. The smallest absolute Gasteiger partial charge is 0.161 e. The van der Waals surface area contributed by atoms with Crippen molar-refractivity contribution in [1.29, 1.82) is 0 Å². The standard InChI is InChI=1S/C11H12N2S/c1-2-7-14-11-12-8-9-5-3-4-6-10(9)13-11/h2-6H,1,7-8H2,(H,12,13). The van der Waals surface area contributed by atoms with Crippen LogP contribution in [0, 0.1) is 0 Å². The van der Waals surface area contributed by atoms with Crippen LogP contribution in [0.4, 0.5) is 5.69 Å². The molecule has 0 amide bonds. The fourth-order valence-corrected chi connectivity index (χ4v) is 1.93. The van der Waals surface area contributed by atoms with E-state index in [0.29, 0.717) is 0 Å². The van der Waals surface area contributed by atoms with E-state index in [-0.39, 0.29) is 0 Å². The molecule has 3 heteroatoms. The first-order valence-electron chi connectivity index (χ1n) is 4.53.